The van der Waals surface area contributed by atoms with E-state index in [4.69, 9.17) is 0 Å². The zero-order chi connectivity index (χ0) is 19.1. The first-order chi connectivity index (χ1) is 12.2. The Labute approximate surface area is 149 Å². The lowest BCUT2D eigenvalue weighted by molar-refractivity contribution is -0.137. The highest BCUT2D eigenvalue weighted by Crippen LogP contribution is 2.36. The lowest BCUT2D eigenvalue weighted by Gasteiger charge is -2.24. The van der Waals surface area contributed by atoms with E-state index in [1.807, 2.05) is 32.0 Å². The molecule has 1 aliphatic heterocycles. The highest BCUT2D eigenvalue weighted by Gasteiger charge is 2.34. The molecular formula is C20H18F3NO2. The first-order valence-electron chi connectivity index (χ1n) is 8.28. The summed E-state index contributed by atoms with van der Waals surface area (Å²) in [6, 6.07) is 8.62. The maximum atomic E-state index is 13.1. The van der Waals surface area contributed by atoms with E-state index in [0.717, 1.165) is 28.8 Å². The molecule has 2 aromatic rings. The summed E-state index contributed by atoms with van der Waals surface area (Å²) in [5.41, 5.74) is 2.25. The average molecular weight is 361 g/mol. The number of hydrogen-bond acceptors (Lipinski definition) is 2. The Bertz CT molecular complexity index is 887. The van der Waals surface area contributed by atoms with Gasteiger partial charge in [-0.05, 0) is 48.7 Å². The van der Waals surface area contributed by atoms with Crippen molar-refractivity contribution in [1.29, 1.82) is 0 Å². The Morgan fingerprint density at radius 3 is 2.35 bits per heavy atom. The number of aryl methyl sites for hydroxylation is 2. The van der Waals surface area contributed by atoms with Crippen molar-refractivity contribution in [1.82, 2.24) is 0 Å². The van der Waals surface area contributed by atoms with Crippen molar-refractivity contribution in [2.24, 2.45) is 0 Å². The number of amides is 1. The second kappa shape index (κ2) is 6.59. The van der Waals surface area contributed by atoms with Crippen LogP contribution in [0.25, 0.3) is 0 Å². The summed E-state index contributed by atoms with van der Waals surface area (Å²) in [6.07, 6.45) is -4.56. The fourth-order valence-electron chi connectivity index (χ4n) is 3.05. The Balaban J connectivity index is 2.08. The lowest BCUT2D eigenvalue weighted by Crippen LogP contribution is -2.30. The predicted molar refractivity (Wildman–Crippen MR) is 92.1 cm³/mol. The van der Waals surface area contributed by atoms with Crippen molar-refractivity contribution in [3.63, 3.8) is 0 Å². The van der Waals surface area contributed by atoms with Gasteiger partial charge in [-0.2, -0.15) is 13.2 Å². The Kier molecular flexibility index (Phi) is 4.61. The number of nitrogens with zero attached hydrogens (tertiary/aromatic N) is 1. The summed E-state index contributed by atoms with van der Waals surface area (Å²) in [5.74, 6) is -0.667. The van der Waals surface area contributed by atoms with Crippen LogP contribution in [0.15, 0.2) is 36.4 Å². The van der Waals surface area contributed by atoms with Gasteiger partial charge in [0.1, 0.15) is 0 Å². The Morgan fingerprint density at radius 2 is 1.69 bits per heavy atom. The zero-order valence-corrected chi connectivity index (χ0v) is 14.5. The van der Waals surface area contributed by atoms with E-state index in [1.165, 1.54) is 11.0 Å². The van der Waals surface area contributed by atoms with E-state index >= 15 is 0 Å². The van der Waals surface area contributed by atoms with Gasteiger partial charge in [0, 0.05) is 18.4 Å². The van der Waals surface area contributed by atoms with Crippen molar-refractivity contribution < 1.29 is 22.8 Å². The standard InChI is InChI=1S/C20H18F3NO2/c1-12-3-4-14(9-13(12)2)11-24-17-10-15(20(21,22)23)5-6-16(17)18(25)7-8-19(24)26/h3-6,9-10H,7-8,11H2,1-2H3. The first kappa shape index (κ1) is 18.2. The minimum absolute atomic E-state index is 0.000619. The maximum Gasteiger partial charge on any atom is 0.416 e. The van der Waals surface area contributed by atoms with Crippen LogP contribution in [0.5, 0.6) is 0 Å². The molecule has 0 atom stereocenters. The predicted octanol–water partition coefficient (Wildman–Crippen LogP) is 4.83. The number of fused-ring (bicyclic) bond motifs is 1. The molecule has 0 radical (unpaired) electrons. The molecule has 0 aromatic heterocycles. The number of Topliss-reactive ketones (excluding diaryl/α,β-unsaturated/α-hetero) is 1. The molecule has 0 saturated carbocycles. The highest BCUT2D eigenvalue weighted by molar-refractivity contribution is 6.10. The van der Waals surface area contributed by atoms with E-state index in [-0.39, 0.29) is 42.3 Å². The van der Waals surface area contributed by atoms with Gasteiger partial charge in [0.2, 0.25) is 5.91 Å². The number of carbonyl (C=O) groups is 2. The molecule has 0 fully saturated rings. The van der Waals surface area contributed by atoms with Crippen LogP contribution in [-0.2, 0) is 17.5 Å². The van der Waals surface area contributed by atoms with Crippen LogP contribution in [0.3, 0.4) is 0 Å². The Hall–Kier alpha value is -2.63. The van der Waals surface area contributed by atoms with Crippen LogP contribution in [0.4, 0.5) is 18.9 Å². The molecule has 2 aromatic carbocycles. The monoisotopic (exact) mass is 361 g/mol. The van der Waals surface area contributed by atoms with Crippen LogP contribution >= 0.6 is 0 Å². The van der Waals surface area contributed by atoms with Gasteiger partial charge in [-0.3, -0.25) is 9.59 Å². The minimum atomic E-state index is -4.54. The molecule has 1 amide bonds. The molecule has 1 heterocycles. The molecule has 0 N–H and O–H groups in total. The average Bonchev–Trinajstić information content (AvgIpc) is 2.69. The van der Waals surface area contributed by atoms with Crippen LogP contribution in [-0.4, -0.2) is 11.7 Å². The van der Waals surface area contributed by atoms with Gasteiger partial charge in [0.15, 0.2) is 5.78 Å². The lowest BCUT2D eigenvalue weighted by atomic mass is 10.0. The topological polar surface area (TPSA) is 37.4 Å². The molecule has 3 rings (SSSR count). The van der Waals surface area contributed by atoms with E-state index in [9.17, 15) is 22.8 Å². The first-order valence-corrected chi connectivity index (χ1v) is 8.28. The summed E-state index contributed by atoms with van der Waals surface area (Å²) in [6.45, 7) is 4.02. The summed E-state index contributed by atoms with van der Waals surface area (Å²) in [4.78, 5) is 26.1. The molecule has 0 aliphatic carbocycles. The summed E-state index contributed by atoms with van der Waals surface area (Å²) >= 11 is 0. The number of alkyl halides is 3. The third-order valence-electron chi connectivity index (χ3n) is 4.70. The van der Waals surface area contributed by atoms with Gasteiger partial charge in [-0.15, -0.1) is 0 Å². The zero-order valence-electron chi connectivity index (χ0n) is 14.5. The quantitative estimate of drug-likeness (QED) is 0.768. The normalized spacial score (nSPS) is 15.0. The second-order valence-corrected chi connectivity index (χ2v) is 6.55. The van der Waals surface area contributed by atoms with Crippen LogP contribution in [0.2, 0.25) is 0 Å². The van der Waals surface area contributed by atoms with Crippen molar-refractivity contribution in [2.75, 3.05) is 4.90 Å². The van der Waals surface area contributed by atoms with Crippen molar-refractivity contribution in [2.45, 2.75) is 39.4 Å². The van der Waals surface area contributed by atoms with Gasteiger partial charge in [0.25, 0.3) is 0 Å². The van der Waals surface area contributed by atoms with E-state index in [1.54, 1.807) is 0 Å². The van der Waals surface area contributed by atoms with E-state index < -0.39 is 11.7 Å². The maximum absolute atomic E-state index is 13.1. The van der Waals surface area contributed by atoms with E-state index in [2.05, 4.69) is 0 Å². The number of anilines is 1. The molecule has 0 bridgehead atoms. The highest BCUT2D eigenvalue weighted by atomic mass is 19.4. The van der Waals surface area contributed by atoms with Crippen molar-refractivity contribution >= 4 is 17.4 Å². The molecule has 136 valence electrons. The molecule has 1 aliphatic rings. The fraction of sp³-hybridized carbons (Fsp3) is 0.300. The third-order valence-corrected chi connectivity index (χ3v) is 4.70. The van der Waals surface area contributed by atoms with Crippen LogP contribution < -0.4 is 4.90 Å². The molecule has 26 heavy (non-hydrogen) atoms. The molecule has 0 saturated heterocycles. The van der Waals surface area contributed by atoms with Crippen molar-refractivity contribution in [3.05, 3.63) is 64.2 Å². The van der Waals surface area contributed by atoms with Gasteiger partial charge in [-0.25, -0.2) is 0 Å². The second-order valence-electron chi connectivity index (χ2n) is 6.55. The summed E-state index contributed by atoms with van der Waals surface area (Å²) < 4.78 is 39.4. The molecule has 0 unspecified atom stereocenters. The number of hydrogen-bond donors (Lipinski definition) is 0. The molecule has 6 heteroatoms. The number of rotatable bonds is 2. The summed E-state index contributed by atoms with van der Waals surface area (Å²) in [5, 5.41) is 0. The smallest absolute Gasteiger partial charge is 0.307 e. The fourth-order valence-corrected chi connectivity index (χ4v) is 3.05. The SMILES string of the molecule is Cc1ccc(CN2C(=O)CCC(=O)c3ccc(C(F)(F)F)cc32)cc1C. The Morgan fingerprint density at radius 1 is 0.962 bits per heavy atom. The number of halogens is 3. The number of benzene rings is 2. The number of ketones is 1. The third kappa shape index (κ3) is 3.49. The van der Waals surface area contributed by atoms with Gasteiger partial charge < -0.3 is 4.90 Å². The van der Waals surface area contributed by atoms with Crippen LogP contribution in [0, 0.1) is 13.8 Å². The van der Waals surface area contributed by atoms with E-state index in [0.29, 0.717) is 0 Å². The molecule has 0 spiro atoms. The minimum Gasteiger partial charge on any atom is -0.307 e. The number of carbonyl (C=O) groups excluding carboxylic acids is 2. The largest absolute Gasteiger partial charge is 0.416 e. The summed E-state index contributed by atoms with van der Waals surface area (Å²) in [7, 11) is 0. The van der Waals surface area contributed by atoms with Gasteiger partial charge in [0.05, 0.1) is 17.8 Å². The van der Waals surface area contributed by atoms with Gasteiger partial charge in [-0.1, -0.05) is 18.2 Å². The molecule has 3 nitrogen and oxygen atoms in total. The van der Waals surface area contributed by atoms with Crippen LogP contribution in [0.1, 0.15) is 45.5 Å². The van der Waals surface area contributed by atoms with Crippen molar-refractivity contribution in [3.8, 4) is 0 Å². The van der Waals surface area contributed by atoms with Gasteiger partial charge >= 0.3 is 6.18 Å². The molecular weight excluding hydrogens is 343 g/mol.